The largest absolute Gasteiger partial charge is 0.452 e. The van der Waals surface area contributed by atoms with Crippen LogP contribution in [0, 0.1) is 11.6 Å². The van der Waals surface area contributed by atoms with Crippen molar-refractivity contribution in [3.63, 3.8) is 0 Å². The van der Waals surface area contributed by atoms with Gasteiger partial charge in [-0.05, 0) is 36.4 Å². The van der Waals surface area contributed by atoms with Crippen LogP contribution < -0.4 is 5.32 Å². The van der Waals surface area contributed by atoms with Gasteiger partial charge in [-0.3, -0.25) is 4.79 Å². The Morgan fingerprint density at radius 1 is 1.00 bits per heavy atom. The van der Waals surface area contributed by atoms with E-state index in [0.717, 1.165) is 24.3 Å². The molecular weight excluding hydrogens is 351 g/mol. The Morgan fingerprint density at radius 3 is 2.30 bits per heavy atom. The second-order valence-corrected chi connectivity index (χ2v) is 5.19. The lowest BCUT2D eigenvalue weighted by atomic mass is 10.2. The molecule has 0 bridgehead atoms. The third-order valence-corrected chi connectivity index (χ3v) is 3.34. The van der Waals surface area contributed by atoms with E-state index >= 15 is 0 Å². The highest BCUT2D eigenvalue weighted by molar-refractivity contribution is 6.34. The fraction of sp³-hybridized carbons (Fsp3) is 0.0667. The first kappa shape index (κ1) is 17.2. The summed E-state index contributed by atoms with van der Waals surface area (Å²) >= 11 is 11.5. The van der Waals surface area contributed by atoms with Crippen molar-refractivity contribution in [1.29, 1.82) is 0 Å². The van der Waals surface area contributed by atoms with Crippen LogP contribution in [0.3, 0.4) is 0 Å². The second-order valence-electron chi connectivity index (χ2n) is 4.37. The zero-order chi connectivity index (χ0) is 17.0. The number of hydrogen-bond acceptors (Lipinski definition) is 3. The van der Waals surface area contributed by atoms with Crippen molar-refractivity contribution in [2.75, 3.05) is 11.9 Å². The van der Waals surface area contributed by atoms with Gasteiger partial charge in [-0.25, -0.2) is 13.6 Å². The monoisotopic (exact) mass is 359 g/mol. The van der Waals surface area contributed by atoms with Crippen LogP contribution in [0.15, 0.2) is 36.4 Å². The molecule has 1 N–H and O–H groups in total. The van der Waals surface area contributed by atoms with E-state index in [1.807, 2.05) is 0 Å². The lowest BCUT2D eigenvalue weighted by Gasteiger charge is -2.09. The molecule has 0 atom stereocenters. The van der Waals surface area contributed by atoms with Crippen molar-refractivity contribution >= 4 is 40.8 Å². The molecule has 0 aliphatic carbocycles. The van der Waals surface area contributed by atoms with Gasteiger partial charge in [0.25, 0.3) is 5.91 Å². The highest BCUT2D eigenvalue weighted by Gasteiger charge is 2.15. The van der Waals surface area contributed by atoms with Gasteiger partial charge in [0.15, 0.2) is 6.61 Å². The first-order valence-corrected chi connectivity index (χ1v) is 6.99. The molecule has 0 aromatic heterocycles. The van der Waals surface area contributed by atoms with Crippen LogP contribution in [-0.4, -0.2) is 18.5 Å². The lowest BCUT2D eigenvalue weighted by molar-refractivity contribution is -0.119. The molecule has 2 aromatic rings. The SMILES string of the molecule is O=C(COC(=O)c1cc(F)ccc1Cl)Nc1cc(F)ccc1Cl. The van der Waals surface area contributed by atoms with Crippen molar-refractivity contribution in [2.45, 2.75) is 0 Å². The van der Waals surface area contributed by atoms with Crippen molar-refractivity contribution in [2.24, 2.45) is 0 Å². The maximum Gasteiger partial charge on any atom is 0.340 e. The Morgan fingerprint density at radius 2 is 1.61 bits per heavy atom. The molecule has 0 radical (unpaired) electrons. The number of hydrogen-bond donors (Lipinski definition) is 1. The van der Waals surface area contributed by atoms with Gasteiger partial charge in [0, 0.05) is 0 Å². The van der Waals surface area contributed by atoms with E-state index in [0.29, 0.717) is 0 Å². The fourth-order valence-electron chi connectivity index (χ4n) is 1.64. The molecule has 0 saturated heterocycles. The summed E-state index contributed by atoms with van der Waals surface area (Å²) in [5.74, 6) is -2.96. The van der Waals surface area contributed by atoms with Crippen molar-refractivity contribution in [1.82, 2.24) is 0 Å². The Labute approximate surface area is 140 Å². The minimum atomic E-state index is -0.963. The molecular formula is C15H9Cl2F2NO3. The van der Waals surface area contributed by atoms with Crippen LogP contribution in [0.25, 0.3) is 0 Å². The number of amides is 1. The summed E-state index contributed by atoms with van der Waals surface area (Å²) in [6.45, 7) is -0.668. The van der Waals surface area contributed by atoms with E-state index in [9.17, 15) is 18.4 Å². The predicted molar refractivity (Wildman–Crippen MR) is 81.7 cm³/mol. The standard InChI is InChI=1S/C15H9Cl2F2NO3/c16-11-3-1-8(18)5-10(11)15(22)23-7-14(21)20-13-6-9(19)2-4-12(13)17/h1-6H,7H2,(H,20,21). The Kier molecular flexibility index (Phi) is 5.52. The number of anilines is 1. The topological polar surface area (TPSA) is 55.4 Å². The number of benzene rings is 2. The van der Waals surface area contributed by atoms with E-state index in [-0.39, 0.29) is 21.3 Å². The maximum absolute atomic E-state index is 13.1. The summed E-state index contributed by atoms with van der Waals surface area (Å²) in [4.78, 5) is 23.4. The fourth-order valence-corrected chi connectivity index (χ4v) is 2.00. The first-order chi connectivity index (χ1) is 10.9. The normalized spacial score (nSPS) is 10.3. The molecule has 0 unspecified atom stereocenters. The van der Waals surface area contributed by atoms with Gasteiger partial charge in [-0.15, -0.1) is 0 Å². The third kappa shape index (κ3) is 4.64. The van der Waals surface area contributed by atoms with Crippen LogP contribution in [0.2, 0.25) is 10.0 Å². The summed E-state index contributed by atoms with van der Waals surface area (Å²) in [6.07, 6.45) is 0. The first-order valence-electron chi connectivity index (χ1n) is 6.24. The predicted octanol–water partition coefficient (Wildman–Crippen LogP) is 4.07. The number of halogens is 4. The minimum absolute atomic E-state index is 0.00927. The zero-order valence-corrected chi connectivity index (χ0v) is 12.9. The highest BCUT2D eigenvalue weighted by Crippen LogP contribution is 2.22. The van der Waals surface area contributed by atoms with Crippen LogP contribution in [0.5, 0.6) is 0 Å². The van der Waals surface area contributed by atoms with Crippen molar-refractivity contribution < 1.29 is 23.1 Å². The average Bonchev–Trinajstić information content (AvgIpc) is 2.51. The van der Waals surface area contributed by atoms with E-state index in [1.54, 1.807) is 0 Å². The molecule has 120 valence electrons. The zero-order valence-electron chi connectivity index (χ0n) is 11.4. The van der Waals surface area contributed by atoms with Crippen LogP contribution in [0.1, 0.15) is 10.4 Å². The number of rotatable bonds is 4. The van der Waals surface area contributed by atoms with Gasteiger partial charge < -0.3 is 10.1 Å². The number of carbonyl (C=O) groups is 2. The average molecular weight is 360 g/mol. The molecule has 0 aliphatic heterocycles. The van der Waals surface area contributed by atoms with E-state index in [4.69, 9.17) is 27.9 Å². The van der Waals surface area contributed by atoms with Gasteiger partial charge in [0.05, 0.1) is 21.3 Å². The number of carbonyl (C=O) groups excluding carboxylic acids is 2. The Bertz CT molecular complexity index is 768. The molecule has 0 fully saturated rings. The third-order valence-electron chi connectivity index (χ3n) is 2.69. The van der Waals surface area contributed by atoms with Crippen molar-refractivity contribution in [3.8, 4) is 0 Å². The second kappa shape index (κ2) is 7.39. The molecule has 23 heavy (non-hydrogen) atoms. The van der Waals surface area contributed by atoms with Gasteiger partial charge in [0.1, 0.15) is 11.6 Å². The van der Waals surface area contributed by atoms with E-state index < -0.39 is 30.1 Å². The maximum atomic E-state index is 13.1. The number of esters is 1. The lowest BCUT2D eigenvalue weighted by Crippen LogP contribution is -2.21. The van der Waals surface area contributed by atoms with Gasteiger partial charge in [-0.1, -0.05) is 23.2 Å². The number of ether oxygens (including phenoxy) is 1. The molecule has 2 rings (SSSR count). The Hall–Kier alpha value is -2.18. The van der Waals surface area contributed by atoms with Gasteiger partial charge >= 0.3 is 5.97 Å². The highest BCUT2D eigenvalue weighted by atomic mass is 35.5. The molecule has 0 heterocycles. The molecule has 1 amide bonds. The van der Waals surface area contributed by atoms with Crippen LogP contribution >= 0.6 is 23.2 Å². The summed E-state index contributed by atoms with van der Waals surface area (Å²) < 4.78 is 30.9. The van der Waals surface area contributed by atoms with Gasteiger partial charge in [-0.2, -0.15) is 0 Å². The molecule has 4 nitrogen and oxygen atoms in total. The number of nitrogens with one attached hydrogen (secondary N) is 1. The van der Waals surface area contributed by atoms with Gasteiger partial charge in [0.2, 0.25) is 0 Å². The Balaban J connectivity index is 1.97. The smallest absolute Gasteiger partial charge is 0.340 e. The van der Waals surface area contributed by atoms with E-state index in [1.165, 1.54) is 12.1 Å². The van der Waals surface area contributed by atoms with Crippen molar-refractivity contribution in [3.05, 3.63) is 63.6 Å². The molecule has 0 spiro atoms. The minimum Gasteiger partial charge on any atom is -0.452 e. The van der Waals surface area contributed by atoms with Crippen LogP contribution in [-0.2, 0) is 9.53 Å². The molecule has 0 aliphatic rings. The quantitative estimate of drug-likeness (QED) is 0.837. The summed E-state index contributed by atoms with van der Waals surface area (Å²) in [6, 6.07) is 6.59. The molecule has 0 saturated carbocycles. The van der Waals surface area contributed by atoms with Crippen LogP contribution in [0.4, 0.5) is 14.5 Å². The molecule has 2 aromatic carbocycles. The molecule has 8 heteroatoms. The summed E-state index contributed by atoms with van der Waals surface area (Å²) in [7, 11) is 0. The summed E-state index contributed by atoms with van der Waals surface area (Å²) in [5, 5.41) is 2.40. The summed E-state index contributed by atoms with van der Waals surface area (Å²) in [5.41, 5.74) is -0.167. The van der Waals surface area contributed by atoms with E-state index in [2.05, 4.69) is 5.32 Å².